The second-order valence-electron chi connectivity index (χ2n) is 5.95. The van der Waals surface area contributed by atoms with Crippen molar-refractivity contribution in [3.05, 3.63) is 59.1 Å². The number of amides is 2. The molecule has 0 saturated carbocycles. The molecule has 29 heavy (non-hydrogen) atoms. The maximum atomic E-state index is 12.1. The summed E-state index contributed by atoms with van der Waals surface area (Å²) in [6.45, 7) is 1.57. The van der Waals surface area contributed by atoms with E-state index in [9.17, 15) is 18.0 Å². The second-order valence-corrected chi connectivity index (χ2v) is 8.15. The number of ether oxygens (including phenoxy) is 1. The zero-order valence-corrected chi connectivity index (χ0v) is 17.3. The van der Waals surface area contributed by atoms with Gasteiger partial charge in [0, 0.05) is 18.0 Å². The highest BCUT2D eigenvalue weighted by Crippen LogP contribution is 2.18. The van der Waals surface area contributed by atoms with Crippen molar-refractivity contribution in [2.24, 2.45) is 0 Å². The van der Waals surface area contributed by atoms with Gasteiger partial charge in [-0.05, 0) is 36.2 Å². The third-order valence-electron chi connectivity index (χ3n) is 3.80. The Bertz CT molecular complexity index is 966. The van der Waals surface area contributed by atoms with Crippen LogP contribution in [0.1, 0.15) is 18.9 Å². The number of carbonyl (C=O) groups is 2. The summed E-state index contributed by atoms with van der Waals surface area (Å²) in [6.07, 6.45) is 0.596. The number of rotatable bonds is 9. The summed E-state index contributed by atoms with van der Waals surface area (Å²) in [4.78, 5) is 23.6. The molecule has 2 aromatic rings. The van der Waals surface area contributed by atoms with Crippen molar-refractivity contribution in [1.29, 1.82) is 0 Å². The van der Waals surface area contributed by atoms with Crippen LogP contribution in [0.4, 0.5) is 0 Å². The molecule has 0 spiro atoms. The van der Waals surface area contributed by atoms with Crippen LogP contribution < -0.4 is 20.3 Å². The molecule has 0 bridgehead atoms. The van der Waals surface area contributed by atoms with Crippen molar-refractivity contribution in [1.82, 2.24) is 15.6 Å². The lowest BCUT2D eigenvalue weighted by Gasteiger charge is -2.11. The molecule has 0 saturated heterocycles. The molecule has 10 heteroatoms. The molecule has 0 aliphatic rings. The highest BCUT2D eigenvalue weighted by molar-refractivity contribution is 7.89. The fourth-order valence-corrected chi connectivity index (χ4v) is 3.67. The number of halogens is 1. The molecule has 2 rings (SSSR count). The Morgan fingerprint density at radius 2 is 1.76 bits per heavy atom. The van der Waals surface area contributed by atoms with Crippen LogP contribution in [0.15, 0.2) is 53.4 Å². The van der Waals surface area contributed by atoms with E-state index in [0.29, 0.717) is 5.75 Å². The average molecular weight is 440 g/mol. The van der Waals surface area contributed by atoms with E-state index >= 15 is 0 Å². The first-order valence-electron chi connectivity index (χ1n) is 8.85. The van der Waals surface area contributed by atoms with Crippen LogP contribution in [0.2, 0.25) is 5.02 Å². The van der Waals surface area contributed by atoms with Crippen molar-refractivity contribution in [2.45, 2.75) is 24.7 Å². The molecule has 0 atom stereocenters. The van der Waals surface area contributed by atoms with E-state index in [0.717, 1.165) is 12.0 Å². The molecule has 3 N–H and O–H groups in total. The number of para-hydroxylation sites is 1. The summed E-state index contributed by atoms with van der Waals surface area (Å²) in [5.74, 6) is -0.489. The predicted octanol–water partition coefficient (Wildman–Crippen LogP) is 1.80. The van der Waals surface area contributed by atoms with Crippen LogP contribution in [0, 0.1) is 0 Å². The highest BCUT2D eigenvalue weighted by atomic mass is 35.5. The number of hydrogen-bond acceptors (Lipinski definition) is 5. The van der Waals surface area contributed by atoms with Gasteiger partial charge in [0.15, 0.2) is 6.61 Å². The summed E-state index contributed by atoms with van der Waals surface area (Å²) >= 11 is 5.78. The average Bonchev–Trinajstić information content (AvgIpc) is 2.70. The molecule has 8 nitrogen and oxygen atoms in total. The van der Waals surface area contributed by atoms with E-state index in [1.54, 1.807) is 18.2 Å². The Morgan fingerprint density at radius 3 is 2.48 bits per heavy atom. The standard InChI is InChI=1S/C19H22ClN3O5S/c1-2-14-6-3-4-9-17(14)28-13-19(25)23-22-18(24)10-11-21-29(26,27)16-8-5-7-15(20)12-16/h3-9,12,21H,2,10-11,13H2,1H3,(H,22,24)(H,23,25). The minimum absolute atomic E-state index is 0.00298. The fourth-order valence-electron chi connectivity index (χ4n) is 2.33. The molecule has 0 aliphatic carbocycles. The van der Waals surface area contributed by atoms with Crippen LogP contribution in [0.25, 0.3) is 0 Å². The molecule has 156 valence electrons. The van der Waals surface area contributed by atoms with Gasteiger partial charge in [-0.15, -0.1) is 0 Å². The third kappa shape index (κ3) is 7.37. The van der Waals surface area contributed by atoms with Crippen molar-refractivity contribution in [2.75, 3.05) is 13.2 Å². The number of sulfonamides is 1. The number of nitrogens with one attached hydrogen (secondary N) is 3. The van der Waals surface area contributed by atoms with Crippen LogP contribution in [-0.4, -0.2) is 33.4 Å². The smallest absolute Gasteiger partial charge is 0.276 e. The topological polar surface area (TPSA) is 114 Å². The van der Waals surface area contributed by atoms with Gasteiger partial charge in [-0.25, -0.2) is 13.1 Å². The van der Waals surface area contributed by atoms with E-state index in [2.05, 4.69) is 15.6 Å². The lowest BCUT2D eigenvalue weighted by molar-refractivity contribution is -0.129. The summed E-state index contributed by atoms with van der Waals surface area (Å²) in [7, 11) is -3.78. The molecular formula is C19H22ClN3O5S. The molecule has 0 aliphatic heterocycles. The normalized spacial score (nSPS) is 11.0. The SMILES string of the molecule is CCc1ccccc1OCC(=O)NNC(=O)CCNS(=O)(=O)c1cccc(Cl)c1. The van der Waals surface area contributed by atoms with Crippen LogP contribution in [0.5, 0.6) is 5.75 Å². The first-order chi connectivity index (χ1) is 13.8. The fraction of sp³-hybridized carbons (Fsp3) is 0.263. The Morgan fingerprint density at radius 1 is 1.03 bits per heavy atom. The number of hydrazine groups is 1. The number of carbonyl (C=O) groups excluding carboxylic acids is 2. The van der Waals surface area contributed by atoms with E-state index in [-0.39, 0.29) is 29.5 Å². The van der Waals surface area contributed by atoms with Crippen molar-refractivity contribution in [3.8, 4) is 5.75 Å². The van der Waals surface area contributed by atoms with Crippen molar-refractivity contribution in [3.63, 3.8) is 0 Å². The largest absolute Gasteiger partial charge is 0.483 e. The number of hydrogen-bond donors (Lipinski definition) is 3. The van der Waals surface area contributed by atoms with E-state index in [1.807, 2.05) is 19.1 Å². The van der Waals surface area contributed by atoms with Gasteiger partial charge in [0.2, 0.25) is 15.9 Å². The van der Waals surface area contributed by atoms with Gasteiger partial charge >= 0.3 is 0 Å². The van der Waals surface area contributed by atoms with Gasteiger partial charge in [0.05, 0.1) is 4.90 Å². The predicted molar refractivity (Wildman–Crippen MR) is 109 cm³/mol. The number of benzene rings is 2. The first-order valence-corrected chi connectivity index (χ1v) is 10.7. The molecule has 0 radical (unpaired) electrons. The van der Waals surface area contributed by atoms with Gasteiger partial charge in [-0.3, -0.25) is 20.4 Å². The summed E-state index contributed by atoms with van der Waals surface area (Å²) in [6, 6.07) is 13.1. The summed E-state index contributed by atoms with van der Waals surface area (Å²) in [5.41, 5.74) is 5.40. The van der Waals surface area contributed by atoms with Crippen molar-refractivity contribution < 1.29 is 22.7 Å². The Labute approximate surface area is 174 Å². The molecule has 0 heterocycles. The number of aryl methyl sites for hydroxylation is 1. The van der Waals surface area contributed by atoms with E-state index in [4.69, 9.17) is 16.3 Å². The zero-order valence-electron chi connectivity index (χ0n) is 15.8. The zero-order chi connectivity index (χ0) is 21.3. The molecule has 0 fully saturated rings. The third-order valence-corrected chi connectivity index (χ3v) is 5.50. The Kier molecular flexibility index (Phi) is 8.44. The summed E-state index contributed by atoms with van der Waals surface area (Å²) in [5, 5.41) is 0.289. The maximum Gasteiger partial charge on any atom is 0.276 e. The van der Waals surface area contributed by atoms with Gasteiger partial charge < -0.3 is 4.74 Å². The summed E-state index contributed by atoms with van der Waals surface area (Å²) < 4.78 is 32.0. The lowest BCUT2D eigenvalue weighted by Crippen LogP contribution is -2.44. The monoisotopic (exact) mass is 439 g/mol. The van der Waals surface area contributed by atoms with Gasteiger partial charge in [-0.2, -0.15) is 0 Å². The molecule has 0 aromatic heterocycles. The van der Waals surface area contributed by atoms with E-state index in [1.165, 1.54) is 18.2 Å². The van der Waals surface area contributed by atoms with Crippen molar-refractivity contribution >= 4 is 33.4 Å². The van der Waals surface area contributed by atoms with Gasteiger partial charge in [-0.1, -0.05) is 42.8 Å². The Hall–Kier alpha value is -2.62. The quantitative estimate of drug-likeness (QED) is 0.515. The first kappa shape index (κ1) is 22.7. The highest BCUT2D eigenvalue weighted by Gasteiger charge is 2.14. The van der Waals surface area contributed by atoms with Crippen LogP contribution in [-0.2, 0) is 26.0 Å². The molecule has 2 amide bonds. The molecule has 0 unspecified atom stereocenters. The Balaban J connectivity index is 1.71. The minimum atomic E-state index is -3.78. The second kappa shape index (κ2) is 10.8. The maximum absolute atomic E-state index is 12.1. The molecular weight excluding hydrogens is 418 g/mol. The van der Waals surface area contributed by atoms with Crippen LogP contribution in [0.3, 0.4) is 0 Å². The van der Waals surface area contributed by atoms with E-state index < -0.39 is 21.8 Å². The van der Waals surface area contributed by atoms with Gasteiger partial charge in [0.1, 0.15) is 5.75 Å². The minimum Gasteiger partial charge on any atom is -0.483 e. The molecule has 2 aromatic carbocycles. The van der Waals surface area contributed by atoms with Gasteiger partial charge in [0.25, 0.3) is 5.91 Å². The lowest BCUT2D eigenvalue weighted by atomic mass is 10.1. The van der Waals surface area contributed by atoms with Crippen LogP contribution >= 0.6 is 11.6 Å².